The Morgan fingerprint density at radius 3 is 2.42 bits per heavy atom. The lowest BCUT2D eigenvalue weighted by molar-refractivity contribution is -0.121. The Labute approximate surface area is 112 Å². The molecule has 0 aromatic heterocycles. The Bertz CT molecular complexity index is 439. The Balaban J connectivity index is 1.84. The average molecular weight is 262 g/mol. The van der Waals surface area contributed by atoms with Gasteiger partial charge in [-0.25, -0.2) is 4.79 Å². The molecule has 1 heterocycles. The van der Waals surface area contributed by atoms with Gasteiger partial charge in [-0.2, -0.15) is 0 Å². The number of benzene rings is 1. The van der Waals surface area contributed by atoms with Crippen molar-refractivity contribution in [2.45, 2.75) is 12.8 Å². The van der Waals surface area contributed by atoms with Crippen molar-refractivity contribution in [3.8, 4) is 0 Å². The van der Waals surface area contributed by atoms with Crippen LogP contribution in [0.1, 0.15) is 12.8 Å². The van der Waals surface area contributed by atoms with Crippen LogP contribution in [-0.4, -0.2) is 37.1 Å². The van der Waals surface area contributed by atoms with Crippen molar-refractivity contribution in [3.05, 3.63) is 30.3 Å². The molecule has 0 saturated carbocycles. The molecule has 0 radical (unpaired) electrons. The van der Waals surface area contributed by atoms with E-state index < -0.39 is 0 Å². The van der Waals surface area contributed by atoms with Gasteiger partial charge in [0.2, 0.25) is 5.91 Å². The van der Waals surface area contributed by atoms with E-state index >= 15 is 0 Å². The SMILES string of the molecule is COC(=O)N1CCC(C(=O)Nc2ccccc2)CC1. The number of methoxy groups -OCH3 is 1. The second kappa shape index (κ2) is 6.22. The molecule has 1 N–H and O–H groups in total. The van der Waals surface area contributed by atoms with Gasteiger partial charge in [-0.05, 0) is 25.0 Å². The Kier molecular flexibility index (Phi) is 4.39. The van der Waals surface area contributed by atoms with Gasteiger partial charge in [-0.3, -0.25) is 4.79 Å². The highest BCUT2D eigenvalue weighted by Crippen LogP contribution is 2.19. The number of para-hydroxylation sites is 1. The van der Waals surface area contributed by atoms with Crippen LogP contribution < -0.4 is 5.32 Å². The summed E-state index contributed by atoms with van der Waals surface area (Å²) in [7, 11) is 1.37. The van der Waals surface area contributed by atoms with E-state index in [4.69, 9.17) is 0 Å². The van der Waals surface area contributed by atoms with Gasteiger partial charge in [0.1, 0.15) is 0 Å². The molecule has 2 rings (SSSR count). The number of hydrogen-bond donors (Lipinski definition) is 1. The molecule has 1 aromatic carbocycles. The number of nitrogens with one attached hydrogen (secondary N) is 1. The van der Waals surface area contributed by atoms with Crippen LogP contribution in [0, 0.1) is 5.92 Å². The summed E-state index contributed by atoms with van der Waals surface area (Å²) in [5.74, 6) is -0.0168. The minimum absolute atomic E-state index is 0.0238. The highest BCUT2D eigenvalue weighted by atomic mass is 16.5. The molecule has 5 nitrogen and oxygen atoms in total. The fraction of sp³-hybridized carbons (Fsp3) is 0.429. The minimum atomic E-state index is -0.318. The first-order valence-corrected chi connectivity index (χ1v) is 6.39. The Morgan fingerprint density at radius 2 is 1.84 bits per heavy atom. The third-order valence-electron chi connectivity index (χ3n) is 3.34. The number of piperidine rings is 1. The molecule has 2 amide bonds. The first kappa shape index (κ1) is 13.4. The van der Waals surface area contributed by atoms with E-state index in [1.54, 1.807) is 4.90 Å². The van der Waals surface area contributed by atoms with Crippen molar-refractivity contribution in [1.29, 1.82) is 0 Å². The maximum atomic E-state index is 12.1. The number of ether oxygens (including phenoxy) is 1. The lowest BCUT2D eigenvalue weighted by Crippen LogP contribution is -2.41. The highest BCUT2D eigenvalue weighted by molar-refractivity contribution is 5.92. The van der Waals surface area contributed by atoms with Crippen LogP contribution in [0.25, 0.3) is 0 Å². The molecule has 0 bridgehead atoms. The maximum Gasteiger partial charge on any atom is 0.409 e. The molecule has 0 unspecified atom stereocenters. The molecule has 1 aliphatic heterocycles. The molecule has 0 aliphatic carbocycles. The van der Waals surface area contributed by atoms with Crippen molar-refractivity contribution in [2.24, 2.45) is 5.92 Å². The van der Waals surface area contributed by atoms with Crippen molar-refractivity contribution < 1.29 is 14.3 Å². The number of carbonyl (C=O) groups excluding carboxylic acids is 2. The fourth-order valence-electron chi connectivity index (χ4n) is 2.22. The van der Waals surface area contributed by atoms with Crippen LogP contribution in [0.2, 0.25) is 0 Å². The second-order valence-corrected chi connectivity index (χ2v) is 4.59. The van der Waals surface area contributed by atoms with Gasteiger partial charge in [-0.15, -0.1) is 0 Å². The smallest absolute Gasteiger partial charge is 0.409 e. The normalized spacial score (nSPS) is 15.9. The predicted octanol–water partition coefficient (Wildman–Crippen LogP) is 2.10. The quantitative estimate of drug-likeness (QED) is 0.888. The largest absolute Gasteiger partial charge is 0.453 e. The van der Waals surface area contributed by atoms with Gasteiger partial charge in [0.05, 0.1) is 7.11 Å². The van der Waals surface area contributed by atoms with E-state index in [1.165, 1.54) is 7.11 Å². The monoisotopic (exact) mass is 262 g/mol. The molecule has 1 aliphatic rings. The van der Waals surface area contributed by atoms with E-state index in [1.807, 2.05) is 30.3 Å². The number of nitrogens with zero attached hydrogens (tertiary/aromatic N) is 1. The van der Waals surface area contributed by atoms with Crippen LogP contribution in [0.5, 0.6) is 0 Å². The van der Waals surface area contributed by atoms with Gasteiger partial charge in [0.15, 0.2) is 0 Å². The minimum Gasteiger partial charge on any atom is -0.453 e. The van der Waals surface area contributed by atoms with E-state index in [0.29, 0.717) is 25.9 Å². The molecule has 102 valence electrons. The van der Waals surface area contributed by atoms with Gasteiger partial charge < -0.3 is 15.0 Å². The summed E-state index contributed by atoms with van der Waals surface area (Å²) < 4.78 is 4.67. The van der Waals surface area contributed by atoms with E-state index in [-0.39, 0.29) is 17.9 Å². The molecular weight excluding hydrogens is 244 g/mol. The van der Waals surface area contributed by atoms with Crippen LogP contribution >= 0.6 is 0 Å². The Morgan fingerprint density at radius 1 is 1.21 bits per heavy atom. The molecular formula is C14H18N2O3. The third-order valence-corrected chi connectivity index (χ3v) is 3.34. The third kappa shape index (κ3) is 3.47. The molecule has 1 aromatic rings. The first-order valence-electron chi connectivity index (χ1n) is 6.39. The fourth-order valence-corrected chi connectivity index (χ4v) is 2.22. The molecule has 5 heteroatoms. The average Bonchev–Trinajstić information content (AvgIpc) is 2.47. The summed E-state index contributed by atoms with van der Waals surface area (Å²) in [6.07, 6.45) is 1.03. The molecule has 19 heavy (non-hydrogen) atoms. The summed E-state index contributed by atoms with van der Waals surface area (Å²) in [5, 5.41) is 2.90. The van der Waals surface area contributed by atoms with Crippen molar-refractivity contribution in [1.82, 2.24) is 4.90 Å². The predicted molar refractivity (Wildman–Crippen MR) is 71.8 cm³/mol. The van der Waals surface area contributed by atoms with Crippen LogP contribution in [0.3, 0.4) is 0 Å². The number of amides is 2. The van der Waals surface area contributed by atoms with Crippen LogP contribution in [0.4, 0.5) is 10.5 Å². The highest BCUT2D eigenvalue weighted by Gasteiger charge is 2.27. The molecule has 0 atom stereocenters. The summed E-state index contributed by atoms with van der Waals surface area (Å²) in [6, 6.07) is 9.40. The molecule has 1 saturated heterocycles. The number of likely N-dealkylation sites (tertiary alicyclic amines) is 1. The van der Waals surface area contributed by atoms with E-state index in [9.17, 15) is 9.59 Å². The standard InChI is InChI=1S/C14H18N2O3/c1-19-14(18)16-9-7-11(8-10-16)13(17)15-12-5-3-2-4-6-12/h2-6,11H,7-10H2,1H3,(H,15,17). The zero-order valence-electron chi connectivity index (χ0n) is 11.0. The zero-order valence-corrected chi connectivity index (χ0v) is 11.0. The van der Waals surface area contributed by atoms with Gasteiger partial charge in [0, 0.05) is 24.7 Å². The summed E-state index contributed by atoms with van der Waals surface area (Å²) >= 11 is 0. The number of hydrogen-bond acceptors (Lipinski definition) is 3. The van der Waals surface area contributed by atoms with Crippen molar-refractivity contribution in [3.63, 3.8) is 0 Å². The summed E-state index contributed by atoms with van der Waals surface area (Å²) in [5.41, 5.74) is 0.808. The van der Waals surface area contributed by atoms with Crippen molar-refractivity contribution in [2.75, 3.05) is 25.5 Å². The Hall–Kier alpha value is -2.04. The van der Waals surface area contributed by atoms with E-state index in [2.05, 4.69) is 10.1 Å². The maximum absolute atomic E-state index is 12.1. The van der Waals surface area contributed by atoms with Crippen LogP contribution in [0.15, 0.2) is 30.3 Å². The molecule has 0 spiro atoms. The lowest BCUT2D eigenvalue weighted by atomic mass is 9.96. The van der Waals surface area contributed by atoms with E-state index in [0.717, 1.165) is 5.69 Å². The van der Waals surface area contributed by atoms with Crippen molar-refractivity contribution >= 4 is 17.7 Å². The van der Waals surface area contributed by atoms with Gasteiger partial charge in [0.25, 0.3) is 0 Å². The molecule has 1 fully saturated rings. The number of anilines is 1. The first-order chi connectivity index (χ1) is 9.20. The topological polar surface area (TPSA) is 58.6 Å². The summed E-state index contributed by atoms with van der Waals surface area (Å²) in [4.78, 5) is 25.0. The second-order valence-electron chi connectivity index (χ2n) is 4.59. The van der Waals surface area contributed by atoms with Crippen LogP contribution in [-0.2, 0) is 9.53 Å². The van der Waals surface area contributed by atoms with Gasteiger partial charge >= 0.3 is 6.09 Å². The zero-order chi connectivity index (χ0) is 13.7. The summed E-state index contributed by atoms with van der Waals surface area (Å²) in [6.45, 7) is 1.14. The number of carbonyl (C=O) groups is 2. The van der Waals surface area contributed by atoms with Gasteiger partial charge in [-0.1, -0.05) is 18.2 Å². The lowest BCUT2D eigenvalue weighted by Gasteiger charge is -2.30. The number of rotatable bonds is 2.